The zero-order valence-corrected chi connectivity index (χ0v) is 35.4. The van der Waals surface area contributed by atoms with E-state index in [9.17, 15) is 0 Å². The third kappa shape index (κ3) is 5.02. The number of rotatable bonds is 5. The molecule has 10 aromatic carbocycles. The van der Waals surface area contributed by atoms with Crippen LogP contribution >= 0.6 is 0 Å². The predicted molar refractivity (Wildman–Crippen MR) is 270 cm³/mol. The van der Waals surface area contributed by atoms with Gasteiger partial charge in [-0.15, -0.1) is 0 Å². The maximum absolute atomic E-state index is 6.96. The summed E-state index contributed by atoms with van der Waals surface area (Å²) >= 11 is 0. The molecule has 0 radical (unpaired) electrons. The highest BCUT2D eigenvalue weighted by Gasteiger charge is 2.53. The van der Waals surface area contributed by atoms with Crippen LogP contribution in [-0.2, 0) is 5.41 Å². The molecule has 65 heavy (non-hydrogen) atoms. The van der Waals surface area contributed by atoms with Crippen LogP contribution in [0.15, 0.2) is 241 Å². The number of furan rings is 1. The van der Waals surface area contributed by atoms with Crippen LogP contribution in [0, 0.1) is 0 Å². The van der Waals surface area contributed by atoms with Crippen LogP contribution in [0.2, 0.25) is 0 Å². The summed E-state index contributed by atoms with van der Waals surface area (Å²) in [4.78, 5) is 5.21. The molecule has 4 heteroatoms. The number of nitrogens with zero attached hydrogens (tertiary/aromatic N) is 2. The fourth-order valence-electron chi connectivity index (χ4n) is 11.7. The van der Waals surface area contributed by atoms with Crippen molar-refractivity contribution in [1.29, 1.82) is 0 Å². The highest BCUT2D eigenvalue weighted by Crippen LogP contribution is 2.59. The number of benzene rings is 10. The Kier molecular flexibility index (Phi) is 7.70. The normalized spacial score (nSPS) is 13.9. The first-order chi connectivity index (χ1) is 32.3. The van der Waals surface area contributed by atoms with Crippen molar-refractivity contribution in [3.05, 3.63) is 259 Å². The molecule has 1 aromatic heterocycles. The van der Waals surface area contributed by atoms with Crippen LogP contribution < -0.4 is 20.6 Å². The molecule has 4 heterocycles. The zero-order valence-electron chi connectivity index (χ0n) is 35.4. The zero-order chi connectivity index (χ0) is 42.6. The molecule has 0 aliphatic carbocycles. The minimum Gasteiger partial charge on any atom is -0.454 e. The van der Waals surface area contributed by atoms with Crippen molar-refractivity contribution in [2.75, 3.05) is 9.71 Å². The topological polar surface area (TPSA) is 19.6 Å². The lowest BCUT2D eigenvalue weighted by atomic mass is 9.42. The summed E-state index contributed by atoms with van der Waals surface area (Å²) in [5.74, 6) is 0. The van der Waals surface area contributed by atoms with Crippen LogP contribution in [0.25, 0.3) is 55.3 Å². The summed E-state index contributed by atoms with van der Waals surface area (Å²) in [6.07, 6.45) is 0. The van der Waals surface area contributed by atoms with Crippen LogP contribution in [0.4, 0.5) is 28.4 Å². The van der Waals surface area contributed by atoms with Gasteiger partial charge in [-0.25, -0.2) is 0 Å². The first-order valence-electron chi connectivity index (χ1n) is 22.5. The van der Waals surface area contributed by atoms with Gasteiger partial charge in [-0.2, -0.15) is 0 Å². The molecule has 0 spiro atoms. The van der Waals surface area contributed by atoms with Crippen molar-refractivity contribution in [3.8, 4) is 33.4 Å². The summed E-state index contributed by atoms with van der Waals surface area (Å²) in [6, 6.07) is 87.3. The summed E-state index contributed by atoms with van der Waals surface area (Å²) in [5.41, 5.74) is 21.6. The average molecular weight is 827 g/mol. The molecule has 3 nitrogen and oxygen atoms in total. The second kappa shape index (κ2) is 13.8. The van der Waals surface area contributed by atoms with E-state index in [1.807, 2.05) is 0 Å². The quantitative estimate of drug-likeness (QED) is 0.161. The maximum Gasteiger partial charge on any atom is 0.333 e. The van der Waals surface area contributed by atoms with Gasteiger partial charge in [0.2, 0.25) is 0 Å². The summed E-state index contributed by atoms with van der Waals surface area (Å²) < 4.78 is 6.96. The molecule has 14 rings (SSSR count). The van der Waals surface area contributed by atoms with Gasteiger partial charge in [-0.05, 0) is 103 Å². The standard InChI is InChI=1S/C61H39BN2O/c1-5-19-40(20-6-1)42-35-36-53-48(37-42)49-38-43(41-21-7-2-8-22-41)39-56-58(49)62(64(53)55-33-17-28-47-46-27-13-16-34-57(46)65-60(47)55)52-31-18-30-51-59(52)63(56)54-32-15-14-29-50(54)61(51,44-23-9-3-10-24-44)45-25-11-4-12-26-45/h1-39H. The lowest BCUT2D eigenvalue weighted by Crippen LogP contribution is -2.62. The van der Waals surface area contributed by atoms with Crippen molar-refractivity contribution >= 4 is 68.1 Å². The molecule has 3 aliphatic rings. The predicted octanol–water partition coefficient (Wildman–Crippen LogP) is 14.3. The third-order valence-corrected chi connectivity index (χ3v) is 14.3. The smallest absolute Gasteiger partial charge is 0.333 e. The molecule has 3 aliphatic heterocycles. The highest BCUT2D eigenvalue weighted by molar-refractivity contribution is 6.94. The molecule has 0 saturated heterocycles. The number of para-hydroxylation sites is 4. The van der Waals surface area contributed by atoms with Crippen LogP contribution in [-0.4, -0.2) is 6.85 Å². The third-order valence-electron chi connectivity index (χ3n) is 14.3. The van der Waals surface area contributed by atoms with Crippen molar-refractivity contribution in [2.45, 2.75) is 5.41 Å². The summed E-state index contributed by atoms with van der Waals surface area (Å²) in [6.45, 7) is -0.209. The van der Waals surface area contributed by atoms with Crippen molar-refractivity contribution in [1.82, 2.24) is 0 Å². The minimum atomic E-state index is -0.612. The minimum absolute atomic E-state index is 0.209. The Morgan fingerprint density at radius 1 is 0.385 bits per heavy atom. The number of hydrogen-bond donors (Lipinski definition) is 0. The van der Waals surface area contributed by atoms with Gasteiger partial charge in [0.1, 0.15) is 5.58 Å². The second-order valence-electron chi connectivity index (χ2n) is 17.5. The SMILES string of the molecule is c1ccc(-c2ccc3c(c2)-c2cc(-c4ccccc4)cc4c2B(c2cccc5c2N4c2ccccc2C5(c2ccccc2)c2ccccc2)N3c2cccc3c2oc2ccccc23)cc1. The molecule has 11 aromatic rings. The molecule has 0 atom stereocenters. The van der Waals surface area contributed by atoms with Crippen LogP contribution in [0.5, 0.6) is 0 Å². The van der Waals surface area contributed by atoms with E-state index < -0.39 is 5.41 Å². The molecule has 0 unspecified atom stereocenters. The first-order valence-corrected chi connectivity index (χ1v) is 22.5. The Morgan fingerprint density at radius 3 is 1.72 bits per heavy atom. The van der Waals surface area contributed by atoms with Crippen molar-refractivity contribution in [3.63, 3.8) is 0 Å². The molecular formula is C61H39BN2O. The monoisotopic (exact) mass is 826 g/mol. The lowest BCUT2D eigenvalue weighted by molar-refractivity contribution is 0.669. The lowest BCUT2D eigenvalue weighted by Gasteiger charge is -2.52. The van der Waals surface area contributed by atoms with Gasteiger partial charge in [0.15, 0.2) is 5.58 Å². The Labute approximate surface area is 378 Å². The van der Waals surface area contributed by atoms with Gasteiger partial charge in [-0.1, -0.05) is 194 Å². The Balaban J connectivity index is 1.15. The molecule has 0 amide bonds. The van der Waals surface area contributed by atoms with Crippen molar-refractivity contribution in [2.24, 2.45) is 0 Å². The fourth-order valence-corrected chi connectivity index (χ4v) is 11.7. The number of hydrogen-bond acceptors (Lipinski definition) is 3. The Morgan fingerprint density at radius 2 is 0.969 bits per heavy atom. The molecule has 0 fully saturated rings. The maximum atomic E-state index is 6.96. The number of anilines is 5. The van der Waals surface area contributed by atoms with Crippen LogP contribution in [0.3, 0.4) is 0 Å². The van der Waals surface area contributed by atoms with E-state index >= 15 is 0 Å². The van der Waals surface area contributed by atoms with E-state index in [0.29, 0.717) is 0 Å². The fraction of sp³-hybridized carbons (Fsp3) is 0.0164. The number of fused-ring (bicyclic) bond motifs is 9. The van der Waals surface area contributed by atoms with E-state index in [2.05, 4.69) is 246 Å². The van der Waals surface area contributed by atoms with E-state index in [4.69, 9.17) is 4.42 Å². The van der Waals surface area contributed by atoms with Crippen molar-refractivity contribution < 1.29 is 4.42 Å². The van der Waals surface area contributed by atoms with Gasteiger partial charge < -0.3 is 14.1 Å². The summed E-state index contributed by atoms with van der Waals surface area (Å²) in [7, 11) is 0. The molecule has 0 N–H and O–H groups in total. The molecular weight excluding hydrogens is 787 g/mol. The van der Waals surface area contributed by atoms with E-state index in [0.717, 1.165) is 33.3 Å². The molecule has 0 saturated carbocycles. The second-order valence-corrected chi connectivity index (χ2v) is 17.5. The Hall–Kier alpha value is -8.34. The molecule has 0 bridgehead atoms. The average Bonchev–Trinajstić information content (AvgIpc) is 3.77. The van der Waals surface area contributed by atoms with E-state index in [1.165, 1.54) is 83.6 Å². The van der Waals surface area contributed by atoms with E-state index in [1.54, 1.807) is 0 Å². The van der Waals surface area contributed by atoms with Gasteiger partial charge in [-0.3, -0.25) is 0 Å². The largest absolute Gasteiger partial charge is 0.454 e. The van der Waals surface area contributed by atoms with Gasteiger partial charge >= 0.3 is 6.85 Å². The van der Waals surface area contributed by atoms with Gasteiger partial charge in [0.05, 0.1) is 16.8 Å². The Bertz CT molecular complexity index is 3640. The van der Waals surface area contributed by atoms with E-state index in [-0.39, 0.29) is 6.85 Å². The molecule has 302 valence electrons. The van der Waals surface area contributed by atoms with Gasteiger partial charge in [0, 0.05) is 33.4 Å². The highest BCUT2D eigenvalue weighted by atomic mass is 16.3. The summed E-state index contributed by atoms with van der Waals surface area (Å²) in [5, 5.41) is 2.23. The van der Waals surface area contributed by atoms with Crippen LogP contribution in [0.1, 0.15) is 22.3 Å². The van der Waals surface area contributed by atoms with Gasteiger partial charge in [0.25, 0.3) is 0 Å². The first kappa shape index (κ1) is 36.2.